The van der Waals surface area contributed by atoms with E-state index in [0.717, 1.165) is 19.5 Å². The third-order valence-corrected chi connectivity index (χ3v) is 3.51. The van der Waals surface area contributed by atoms with Crippen LogP contribution in [0.25, 0.3) is 0 Å². The highest BCUT2D eigenvalue weighted by atomic mass is 16.2. The molecule has 0 bridgehead atoms. The SMILES string of the molecule is C=CCNC(=O)[C@H](C)N1CCc2ccccc2C1. The molecule has 18 heavy (non-hydrogen) atoms. The van der Waals surface area contributed by atoms with E-state index in [9.17, 15) is 4.79 Å². The summed E-state index contributed by atoms with van der Waals surface area (Å²) in [6.07, 6.45) is 2.73. The van der Waals surface area contributed by atoms with Crippen molar-refractivity contribution in [3.63, 3.8) is 0 Å². The van der Waals surface area contributed by atoms with Crippen LogP contribution in [0.2, 0.25) is 0 Å². The van der Waals surface area contributed by atoms with Crippen molar-refractivity contribution < 1.29 is 4.79 Å². The molecule has 1 aliphatic rings. The molecule has 0 radical (unpaired) electrons. The maximum absolute atomic E-state index is 11.9. The van der Waals surface area contributed by atoms with Crippen molar-refractivity contribution in [2.45, 2.75) is 25.9 Å². The first-order valence-corrected chi connectivity index (χ1v) is 6.42. The lowest BCUT2D eigenvalue weighted by Gasteiger charge is -2.32. The quantitative estimate of drug-likeness (QED) is 0.818. The molecular formula is C15H20N2O. The van der Waals surface area contributed by atoms with Gasteiger partial charge in [0.15, 0.2) is 0 Å². The van der Waals surface area contributed by atoms with Gasteiger partial charge in [0.1, 0.15) is 0 Å². The second-order valence-electron chi connectivity index (χ2n) is 4.70. The van der Waals surface area contributed by atoms with Gasteiger partial charge in [-0.3, -0.25) is 9.69 Å². The first kappa shape index (κ1) is 12.8. The highest BCUT2D eigenvalue weighted by Gasteiger charge is 2.24. The lowest BCUT2D eigenvalue weighted by Crippen LogP contribution is -2.47. The third-order valence-electron chi connectivity index (χ3n) is 3.51. The fourth-order valence-electron chi connectivity index (χ4n) is 2.33. The Morgan fingerprint density at radius 2 is 2.22 bits per heavy atom. The minimum Gasteiger partial charge on any atom is -0.351 e. The summed E-state index contributed by atoms with van der Waals surface area (Å²) in [5.41, 5.74) is 2.75. The number of carbonyl (C=O) groups is 1. The number of benzene rings is 1. The number of amides is 1. The van der Waals surface area contributed by atoms with E-state index >= 15 is 0 Å². The van der Waals surface area contributed by atoms with Crippen molar-refractivity contribution in [2.24, 2.45) is 0 Å². The van der Waals surface area contributed by atoms with E-state index in [2.05, 4.69) is 41.1 Å². The van der Waals surface area contributed by atoms with Crippen LogP contribution in [0.3, 0.4) is 0 Å². The molecule has 3 heteroatoms. The average Bonchev–Trinajstić information content (AvgIpc) is 2.43. The summed E-state index contributed by atoms with van der Waals surface area (Å²) in [6, 6.07) is 8.38. The number of fused-ring (bicyclic) bond motifs is 1. The van der Waals surface area contributed by atoms with Crippen LogP contribution in [-0.4, -0.2) is 29.9 Å². The number of carbonyl (C=O) groups excluding carboxylic acids is 1. The summed E-state index contributed by atoms with van der Waals surface area (Å²) in [6.45, 7) is 7.91. The van der Waals surface area contributed by atoms with Crippen LogP contribution in [0.4, 0.5) is 0 Å². The minimum atomic E-state index is -0.0849. The molecule has 0 spiro atoms. The topological polar surface area (TPSA) is 32.3 Å². The molecule has 1 aromatic rings. The first-order chi connectivity index (χ1) is 8.72. The Kier molecular flexibility index (Phi) is 4.15. The van der Waals surface area contributed by atoms with Crippen molar-refractivity contribution in [2.75, 3.05) is 13.1 Å². The van der Waals surface area contributed by atoms with Gasteiger partial charge in [0, 0.05) is 19.6 Å². The second-order valence-corrected chi connectivity index (χ2v) is 4.70. The van der Waals surface area contributed by atoms with E-state index in [4.69, 9.17) is 0 Å². The van der Waals surface area contributed by atoms with Crippen LogP contribution in [0.1, 0.15) is 18.1 Å². The molecule has 3 nitrogen and oxygen atoms in total. The Morgan fingerprint density at radius 1 is 1.50 bits per heavy atom. The van der Waals surface area contributed by atoms with Gasteiger partial charge >= 0.3 is 0 Å². The fraction of sp³-hybridized carbons (Fsp3) is 0.400. The molecular weight excluding hydrogens is 224 g/mol. The van der Waals surface area contributed by atoms with E-state index in [1.54, 1.807) is 6.08 Å². The van der Waals surface area contributed by atoms with E-state index in [0.29, 0.717) is 6.54 Å². The Balaban J connectivity index is 2.00. The molecule has 0 saturated carbocycles. The summed E-state index contributed by atoms with van der Waals surface area (Å²) in [5, 5.41) is 2.85. The van der Waals surface area contributed by atoms with Crippen molar-refractivity contribution in [1.82, 2.24) is 10.2 Å². The van der Waals surface area contributed by atoms with Gasteiger partial charge in [-0.15, -0.1) is 6.58 Å². The van der Waals surface area contributed by atoms with Crippen molar-refractivity contribution in [1.29, 1.82) is 0 Å². The molecule has 2 rings (SSSR count). The zero-order chi connectivity index (χ0) is 13.0. The van der Waals surface area contributed by atoms with Gasteiger partial charge in [-0.1, -0.05) is 30.3 Å². The molecule has 96 valence electrons. The van der Waals surface area contributed by atoms with Crippen molar-refractivity contribution in [3.05, 3.63) is 48.0 Å². The molecule has 0 aromatic heterocycles. The summed E-state index contributed by atoms with van der Waals surface area (Å²) in [7, 11) is 0. The Bertz CT molecular complexity index is 442. The largest absolute Gasteiger partial charge is 0.351 e. The number of hydrogen-bond donors (Lipinski definition) is 1. The van der Waals surface area contributed by atoms with Gasteiger partial charge in [-0.2, -0.15) is 0 Å². The minimum absolute atomic E-state index is 0.0780. The van der Waals surface area contributed by atoms with Gasteiger partial charge in [0.2, 0.25) is 5.91 Å². The molecule has 0 saturated heterocycles. The number of hydrogen-bond acceptors (Lipinski definition) is 2. The summed E-state index contributed by atoms with van der Waals surface area (Å²) in [4.78, 5) is 14.1. The third kappa shape index (κ3) is 2.79. The number of nitrogens with zero attached hydrogens (tertiary/aromatic N) is 1. The molecule has 0 fully saturated rings. The van der Waals surface area contributed by atoms with Crippen LogP contribution >= 0.6 is 0 Å². The predicted molar refractivity (Wildman–Crippen MR) is 73.2 cm³/mol. The van der Waals surface area contributed by atoms with Gasteiger partial charge < -0.3 is 5.32 Å². The molecule has 1 aromatic carbocycles. The Labute approximate surface area is 108 Å². The maximum atomic E-state index is 11.9. The first-order valence-electron chi connectivity index (χ1n) is 6.42. The summed E-state index contributed by atoms with van der Waals surface area (Å²) < 4.78 is 0. The van der Waals surface area contributed by atoms with Crippen molar-refractivity contribution in [3.8, 4) is 0 Å². The molecule has 0 aliphatic carbocycles. The number of rotatable bonds is 4. The lowest BCUT2D eigenvalue weighted by molar-refractivity contribution is -0.126. The second kappa shape index (κ2) is 5.83. The van der Waals surface area contributed by atoms with E-state index in [1.165, 1.54) is 11.1 Å². The predicted octanol–water partition coefficient (Wildman–Crippen LogP) is 1.74. The van der Waals surface area contributed by atoms with Crippen LogP contribution in [0.15, 0.2) is 36.9 Å². The molecule has 1 aliphatic heterocycles. The van der Waals surface area contributed by atoms with Gasteiger partial charge in [-0.25, -0.2) is 0 Å². The average molecular weight is 244 g/mol. The van der Waals surface area contributed by atoms with Crippen molar-refractivity contribution >= 4 is 5.91 Å². The Morgan fingerprint density at radius 3 is 2.94 bits per heavy atom. The van der Waals surface area contributed by atoms with Crippen LogP contribution < -0.4 is 5.32 Å². The van der Waals surface area contributed by atoms with Gasteiger partial charge in [0.25, 0.3) is 0 Å². The molecule has 1 amide bonds. The zero-order valence-corrected chi connectivity index (χ0v) is 10.9. The van der Waals surface area contributed by atoms with Crippen LogP contribution in [0.5, 0.6) is 0 Å². The van der Waals surface area contributed by atoms with E-state index in [-0.39, 0.29) is 11.9 Å². The molecule has 1 heterocycles. The Hall–Kier alpha value is -1.61. The maximum Gasteiger partial charge on any atom is 0.237 e. The number of nitrogens with one attached hydrogen (secondary N) is 1. The lowest BCUT2D eigenvalue weighted by atomic mass is 9.99. The van der Waals surface area contributed by atoms with E-state index in [1.807, 2.05) is 6.92 Å². The molecule has 1 atom stereocenters. The summed E-state index contributed by atoms with van der Waals surface area (Å²) >= 11 is 0. The summed E-state index contributed by atoms with van der Waals surface area (Å²) in [5.74, 6) is 0.0780. The van der Waals surface area contributed by atoms with Gasteiger partial charge in [0.05, 0.1) is 6.04 Å². The van der Waals surface area contributed by atoms with Crippen LogP contribution in [0, 0.1) is 0 Å². The molecule has 1 N–H and O–H groups in total. The zero-order valence-electron chi connectivity index (χ0n) is 10.9. The van der Waals surface area contributed by atoms with E-state index < -0.39 is 0 Å². The monoisotopic (exact) mass is 244 g/mol. The highest BCUT2D eigenvalue weighted by Crippen LogP contribution is 2.20. The molecule has 0 unspecified atom stereocenters. The fourth-order valence-corrected chi connectivity index (χ4v) is 2.33. The smallest absolute Gasteiger partial charge is 0.237 e. The highest BCUT2D eigenvalue weighted by molar-refractivity contribution is 5.81. The standard InChI is InChI=1S/C15H20N2O/c1-3-9-16-15(18)12(2)17-10-8-13-6-4-5-7-14(13)11-17/h3-7,12H,1,8-11H2,2H3,(H,16,18)/t12-/m0/s1. The van der Waals surface area contributed by atoms with Gasteiger partial charge in [-0.05, 0) is 24.5 Å². The van der Waals surface area contributed by atoms with Crippen LogP contribution in [-0.2, 0) is 17.8 Å². The normalized spacial score (nSPS) is 16.7.